The molecule has 6 nitrogen and oxygen atoms in total. The van der Waals surface area contributed by atoms with Gasteiger partial charge in [0.1, 0.15) is 24.1 Å². The zero-order valence-corrected chi connectivity index (χ0v) is 21.8. The predicted molar refractivity (Wildman–Crippen MR) is 139 cm³/mol. The van der Waals surface area contributed by atoms with Gasteiger partial charge in [0, 0.05) is 17.2 Å². The van der Waals surface area contributed by atoms with E-state index < -0.39 is 0 Å². The number of nitrogens with zero attached hydrogens (tertiary/aromatic N) is 4. The maximum atomic E-state index is 13.5. The summed E-state index contributed by atoms with van der Waals surface area (Å²) in [6.07, 6.45) is 1.85. The Hall–Kier alpha value is -3.87. The Kier molecular flexibility index (Phi) is 6.76. The van der Waals surface area contributed by atoms with Gasteiger partial charge in [-0.15, -0.1) is 0 Å². The fraction of sp³-hybridized carbons (Fsp3) is 0.310. The molecule has 7 heteroatoms. The SMILES string of the molecule is Cc1ccc(-c2nc(C(C)(C)C)ncc2C)cc1-n1c(C)nc(OCc2ccc(F)cc2)c(C)c1=O. The maximum absolute atomic E-state index is 13.5. The van der Waals surface area contributed by atoms with E-state index in [9.17, 15) is 9.18 Å². The van der Waals surface area contributed by atoms with E-state index in [2.05, 4.69) is 30.7 Å². The number of ether oxygens (including phenoxy) is 1. The largest absolute Gasteiger partial charge is 0.472 e. The lowest BCUT2D eigenvalue weighted by Crippen LogP contribution is -2.26. The smallest absolute Gasteiger partial charge is 0.264 e. The Morgan fingerprint density at radius 1 is 0.944 bits per heavy atom. The normalized spacial score (nSPS) is 11.6. The Balaban J connectivity index is 1.75. The summed E-state index contributed by atoms with van der Waals surface area (Å²) >= 11 is 0. The molecule has 0 fully saturated rings. The van der Waals surface area contributed by atoms with E-state index >= 15 is 0 Å². The molecule has 0 aliphatic heterocycles. The van der Waals surface area contributed by atoms with Crippen molar-refractivity contribution in [2.45, 2.75) is 60.5 Å². The van der Waals surface area contributed by atoms with Crippen molar-refractivity contribution in [2.75, 3.05) is 0 Å². The van der Waals surface area contributed by atoms with Gasteiger partial charge in [0.2, 0.25) is 5.88 Å². The Bertz CT molecular complexity index is 1490. The molecule has 4 aromatic rings. The number of hydrogen-bond donors (Lipinski definition) is 0. The van der Waals surface area contributed by atoms with Crippen LogP contribution in [0.15, 0.2) is 53.5 Å². The molecule has 0 N–H and O–H groups in total. The molecule has 0 aliphatic carbocycles. The summed E-state index contributed by atoms with van der Waals surface area (Å²) in [7, 11) is 0. The molecule has 0 radical (unpaired) electrons. The fourth-order valence-electron chi connectivity index (χ4n) is 3.94. The average molecular weight is 487 g/mol. The van der Waals surface area contributed by atoms with E-state index in [-0.39, 0.29) is 29.3 Å². The molecule has 0 spiro atoms. The molecule has 0 aliphatic rings. The highest BCUT2D eigenvalue weighted by Crippen LogP contribution is 2.28. The monoisotopic (exact) mass is 486 g/mol. The molecule has 0 atom stereocenters. The van der Waals surface area contributed by atoms with E-state index in [1.54, 1.807) is 30.5 Å². The van der Waals surface area contributed by atoms with Crippen LogP contribution in [0.3, 0.4) is 0 Å². The van der Waals surface area contributed by atoms with E-state index in [1.165, 1.54) is 12.1 Å². The number of rotatable bonds is 5. The molecule has 4 rings (SSSR count). The molecule has 0 unspecified atom stereocenters. The predicted octanol–water partition coefficient (Wildman–Crippen LogP) is 5.94. The first-order valence-corrected chi connectivity index (χ1v) is 11.9. The van der Waals surface area contributed by atoms with Crippen LogP contribution >= 0.6 is 0 Å². The van der Waals surface area contributed by atoms with Crippen molar-refractivity contribution >= 4 is 0 Å². The first kappa shape index (κ1) is 25.2. The summed E-state index contributed by atoms with van der Waals surface area (Å²) in [6.45, 7) is 13.9. The van der Waals surface area contributed by atoms with Crippen LogP contribution in [0.2, 0.25) is 0 Å². The Labute approximate surface area is 210 Å². The van der Waals surface area contributed by atoms with Gasteiger partial charge in [-0.1, -0.05) is 45.0 Å². The zero-order valence-electron chi connectivity index (χ0n) is 21.8. The number of hydrogen-bond acceptors (Lipinski definition) is 5. The third-order valence-corrected chi connectivity index (χ3v) is 6.09. The van der Waals surface area contributed by atoms with Crippen LogP contribution in [0.4, 0.5) is 4.39 Å². The summed E-state index contributed by atoms with van der Waals surface area (Å²) in [5.74, 6) is 1.23. The van der Waals surface area contributed by atoms with Gasteiger partial charge >= 0.3 is 0 Å². The lowest BCUT2D eigenvalue weighted by atomic mass is 9.95. The second kappa shape index (κ2) is 9.64. The molecule has 186 valence electrons. The fourth-order valence-corrected chi connectivity index (χ4v) is 3.94. The van der Waals surface area contributed by atoms with Crippen molar-refractivity contribution in [3.05, 3.63) is 98.7 Å². The molecule has 2 heterocycles. The van der Waals surface area contributed by atoms with Crippen molar-refractivity contribution in [1.29, 1.82) is 0 Å². The quantitative estimate of drug-likeness (QED) is 0.349. The second-order valence-corrected chi connectivity index (χ2v) is 10.1. The minimum atomic E-state index is -0.309. The Morgan fingerprint density at radius 2 is 1.64 bits per heavy atom. The van der Waals surface area contributed by atoms with E-state index in [1.807, 2.05) is 38.2 Å². The number of aryl methyl sites for hydroxylation is 3. The highest BCUT2D eigenvalue weighted by atomic mass is 19.1. The van der Waals surface area contributed by atoms with Crippen molar-refractivity contribution in [1.82, 2.24) is 19.5 Å². The van der Waals surface area contributed by atoms with Gasteiger partial charge in [0.25, 0.3) is 5.56 Å². The number of halogens is 1. The summed E-state index contributed by atoms with van der Waals surface area (Å²) in [6, 6.07) is 12.0. The summed E-state index contributed by atoms with van der Waals surface area (Å²) in [4.78, 5) is 27.5. The summed E-state index contributed by atoms with van der Waals surface area (Å²) in [5, 5.41) is 0. The van der Waals surface area contributed by atoms with Crippen LogP contribution in [0.5, 0.6) is 5.88 Å². The van der Waals surface area contributed by atoms with Crippen LogP contribution in [0.1, 0.15) is 54.7 Å². The maximum Gasteiger partial charge on any atom is 0.264 e. The van der Waals surface area contributed by atoms with Gasteiger partial charge in [-0.3, -0.25) is 9.36 Å². The van der Waals surface area contributed by atoms with Gasteiger partial charge in [-0.2, -0.15) is 4.98 Å². The molecule has 2 aromatic heterocycles. The van der Waals surface area contributed by atoms with Crippen LogP contribution in [0.25, 0.3) is 16.9 Å². The summed E-state index contributed by atoms with van der Waals surface area (Å²) < 4.78 is 20.6. The van der Waals surface area contributed by atoms with Gasteiger partial charge < -0.3 is 4.74 Å². The molecule has 36 heavy (non-hydrogen) atoms. The van der Waals surface area contributed by atoms with Crippen molar-refractivity contribution in [2.24, 2.45) is 0 Å². The van der Waals surface area contributed by atoms with Crippen molar-refractivity contribution in [3.63, 3.8) is 0 Å². The van der Waals surface area contributed by atoms with E-state index in [4.69, 9.17) is 9.72 Å². The van der Waals surface area contributed by atoms with E-state index in [0.717, 1.165) is 39.5 Å². The van der Waals surface area contributed by atoms with Crippen molar-refractivity contribution in [3.8, 4) is 22.8 Å². The minimum absolute atomic E-state index is 0.186. The molecule has 0 bridgehead atoms. The van der Waals surface area contributed by atoms with Gasteiger partial charge in [0.05, 0.1) is 16.9 Å². The van der Waals surface area contributed by atoms with Gasteiger partial charge in [-0.25, -0.2) is 14.4 Å². The lowest BCUT2D eigenvalue weighted by molar-refractivity contribution is 0.289. The number of aromatic nitrogens is 4. The zero-order chi connectivity index (χ0) is 26.2. The molecule has 0 saturated carbocycles. The first-order chi connectivity index (χ1) is 17.0. The lowest BCUT2D eigenvalue weighted by Gasteiger charge is -2.19. The van der Waals surface area contributed by atoms with E-state index in [0.29, 0.717) is 11.4 Å². The van der Waals surface area contributed by atoms with Crippen molar-refractivity contribution < 1.29 is 9.13 Å². The second-order valence-electron chi connectivity index (χ2n) is 10.1. The van der Waals surface area contributed by atoms with Crippen LogP contribution in [-0.4, -0.2) is 19.5 Å². The average Bonchev–Trinajstić information content (AvgIpc) is 2.82. The Morgan fingerprint density at radius 3 is 2.31 bits per heavy atom. The third-order valence-electron chi connectivity index (χ3n) is 6.09. The molecular weight excluding hydrogens is 455 g/mol. The molecule has 0 amide bonds. The molecule has 2 aromatic carbocycles. The molecular formula is C29H31FN4O2. The highest BCUT2D eigenvalue weighted by Gasteiger charge is 2.20. The molecule has 0 saturated heterocycles. The standard InChI is InChI=1S/C29H31FN4O2/c1-17-8-11-22(25-18(2)15-31-28(33-25)29(5,6)7)14-24(17)34-20(4)32-26(19(3)27(34)35)36-16-21-9-12-23(30)13-10-21/h8-15H,16H2,1-7H3. The summed E-state index contributed by atoms with van der Waals surface area (Å²) in [5.41, 5.74) is 5.19. The topological polar surface area (TPSA) is 69.9 Å². The van der Waals surface area contributed by atoms with Crippen LogP contribution < -0.4 is 10.3 Å². The first-order valence-electron chi connectivity index (χ1n) is 11.9. The third kappa shape index (κ3) is 5.05. The van der Waals surface area contributed by atoms with Crippen LogP contribution in [0, 0.1) is 33.5 Å². The van der Waals surface area contributed by atoms with Gasteiger partial charge in [0.15, 0.2) is 0 Å². The minimum Gasteiger partial charge on any atom is -0.472 e. The number of benzene rings is 2. The van der Waals surface area contributed by atoms with Gasteiger partial charge in [-0.05, 0) is 62.6 Å². The van der Waals surface area contributed by atoms with Crippen LogP contribution in [-0.2, 0) is 12.0 Å². The highest BCUT2D eigenvalue weighted by molar-refractivity contribution is 5.67.